The third-order valence-corrected chi connectivity index (χ3v) is 3.96. The van der Waals surface area contributed by atoms with E-state index < -0.39 is 12.5 Å². The van der Waals surface area contributed by atoms with Crippen LogP contribution in [0, 0.1) is 0 Å². The number of alkyl halides is 2. The number of hydrogen-bond acceptors (Lipinski definition) is 4. The Kier molecular flexibility index (Phi) is 4.97. The average Bonchev–Trinajstić information content (AvgIpc) is 3.15. The second kappa shape index (κ2) is 7.33. The van der Waals surface area contributed by atoms with Gasteiger partial charge in [-0.25, -0.2) is 0 Å². The average molecular weight is 350 g/mol. The first-order chi connectivity index (χ1) is 12.1. The zero-order valence-corrected chi connectivity index (χ0v) is 13.2. The molecule has 0 spiro atoms. The molecule has 0 atom stereocenters. The predicted octanol–water partition coefficient (Wildman–Crippen LogP) is 2.48. The minimum Gasteiger partial charge on any atom is -0.472 e. The summed E-state index contributed by atoms with van der Waals surface area (Å²) >= 11 is 0. The van der Waals surface area contributed by atoms with Gasteiger partial charge in [-0.05, 0) is 18.2 Å². The van der Waals surface area contributed by atoms with Gasteiger partial charge in [0.15, 0.2) is 0 Å². The highest BCUT2D eigenvalue weighted by atomic mass is 19.3. The zero-order chi connectivity index (χ0) is 17.8. The van der Waals surface area contributed by atoms with Crippen LogP contribution < -0.4 is 4.74 Å². The Bertz CT molecular complexity index is 741. The molecule has 0 bridgehead atoms. The van der Waals surface area contributed by atoms with Crippen LogP contribution in [-0.4, -0.2) is 54.4 Å². The molecule has 1 fully saturated rings. The fourth-order valence-electron chi connectivity index (χ4n) is 2.69. The summed E-state index contributed by atoms with van der Waals surface area (Å²) in [5.74, 6) is -0.714. The molecule has 1 saturated heterocycles. The Morgan fingerprint density at radius 2 is 1.64 bits per heavy atom. The van der Waals surface area contributed by atoms with E-state index in [0.717, 1.165) is 0 Å². The van der Waals surface area contributed by atoms with Gasteiger partial charge in [-0.3, -0.25) is 9.59 Å². The number of rotatable bonds is 4. The first kappa shape index (κ1) is 16.9. The maximum Gasteiger partial charge on any atom is 0.387 e. The molecule has 0 N–H and O–H groups in total. The first-order valence-corrected chi connectivity index (χ1v) is 7.71. The van der Waals surface area contributed by atoms with Crippen LogP contribution >= 0.6 is 0 Å². The SMILES string of the molecule is O=C(c1ccoc1)N1CCN(C(=O)c2ccccc2OC(F)F)CC1. The smallest absolute Gasteiger partial charge is 0.387 e. The Morgan fingerprint density at radius 3 is 2.24 bits per heavy atom. The minimum atomic E-state index is -3.00. The van der Waals surface area contributed by atoms with Crippen LogP contribution in [0.2, 0.25) is 0 Å². The number of halogens is 2. The second-order valence-electron chi connectivity index (χ2n) is 5.47. The molecule has 6 nitrogen and oxygen atoms in total. The lowest BCUT2D eigenvalue weighted by Crippen LogP contribution is -2.50. The van der Waals surface area contributed by atoms with Crippen molar-refractivity contribution in [1.29, 1.82) is 0 Å². The van der Waals surface area contributed by atoms with Crippen LogP contribution in [0.25, 0.3) is 0 Å². The van der Waals surface area contributed by atoms with Crippen molar-refractivity contribution >= 4 is 11.8 Å². The molecule has 2 amide bonds. The van der Waals surface area contributed by atoms with Crippen LogP contribution in [0.5, 0.6) is 5.75 Å². The van der Waals surface area contributed by atoms with Gasteiger partial charge in [0.2, 0.25) is 0 Å². The van der Waals surface area contributed by atoms with E-state index in [9.17, 15) is 18.4 Å². The quantitative estimate of drug-likeness (QED) is 0.850. The van der Waals surface area contributed by atoms with Crippen molar-refractivity contribution in [3.8, 4) is 5.75 Å². The monoisotopic (exact) mass is 350 g/mol. The van der Waals surface area contributed by atoms with Gasteiger partial charge < -0.3 is 19.0 Å². The Balaban J connectivity index is 1.65. The van der Waals surface area contributed by atoms with Crippen LogP contribution in [0.3, 0.4) is 0 Å². The van der Waals surface area contributed by atoms with Crippen LogP contribution in [-0.2, 0) is 0 Å². The van der Waals surface area contributed by atoms with Crippen molar-refractivity contribution in [2.24, 2.45) is 0 Å². The van der Waals surface area contributed by atoms with E-state index in [4.69, 9.17) is 4.42 Å². The van der Waals surface area contributed by atoms with Gasteiger partial charge in [-0.1, -0.05) is 12.1 Å². The molecule has 1 aliphatic rings. The van der Waals surface area contributed by atoms with Gasteiger partial charge in [0.1, 0.15) is 12.0 Å². The molecule has 2 heterocycles. The number of furan rings is 1. The van der Waals surface area contributed by atoms with Crippen LogP contribution in [0.1, 0.15) is 20.7 Å². The summed E-state index contributed by atoms with van der Waals surface area (Å²) in [6, 6.07) is 7.47. The molecule has 0 unspecified atom stereocenters. The molecular weight excluding hydrogens is 334 g/mol. The highest BCUT2D eigenvalue weighted by Crippen LogP contribution is 2.22. The normalized spacial score (nSPS) is 14.7. The molecule has 0 radical (unpaired) electrons. The fourth-order valence-corrected chi connectivity index (χ4v) is 2.69. The van der Waals surface area contributed by atoms with Crippen molar-refractivity contribution in [2.75, 3.05) is 26.2 Å². The summed E-state index contributed by atoms with van der Waals surface area (Å²) in [4.78, 5) is 28.0. The molecule has 1 aliphatic heterocycles. The highest BCUT2D eigenvalue weighted by Gasteiger charge is 2.27. The molecule has 8 heteroatoms. The number of piperazine rings is 1. The van der Waals surface area contributed by atoms with Gasteiger partial charge >= 0.3 is 6.61 Å². The lowest BCUT2D eigenvalue weighted by molar-refractivity contribution is -0.0503. The Hall–Kier alpha value is -2.90. The number of ether oxygens (including phenoxy) is 1. The second-order valence-corrected chi connectivity index (χ2v) is 5.47. The Labute approximate surface area is 142 Å². The third kappa shape index (κ3) is 3.78. The maximum atomic E-state index is 12.6. The highest BCUT2D eigenvalue weighted by molar-refractivity contribution is 5.97. The summed E-state index contributed by atoms with van der Waals surface area (Å²) in [5.41, 5.74) is 0.535. The summed E-state index contributed by atoms with van der Waals surface area (Å²) in [6.07, 6.45) is 2.80. The van der Waals surface area contributed by atoms with E-state index in [1.165, 1.54) is 35.6 Å². The molecule has 25 heavy (non-hydrogen) atoms. The lowest BCUT2D eigenvalue weighted by atomic mass is 10.1. The summed E-state index contributed by atoms with van der Waals surface area (Å²) in [7, 11) is 0. The predicted molar refractivity (Wildman–Crippen MR) is 83.6 cm³/mol. The van der Waals surface area contributed by atoms with Crippen LogP contribution in [0.4, 0.5) is 8.78 Å². The number of amides is 2. The molecule has 1 aromatic carbocycles. The number of benzene rings is 1. The van der Waals surface area contributed by atoms with Crippen molar-refractivity contribution in [2.45, 2.75) is 6.61 Å². The van der Waals surface area contributed by atoms with Gasteiger partial charge in [0.25, 0.3) is 11.8 Å². The van der Waals surface area contributed by atoms with Gasteiger partial charge in [0.05, 0.1) is 17.4 Å². The lowest BCUT2D eigenvalue weighted by Gasteiger charge is -2.34. The summed E-state index contributed by atoms with van der Waals surface area (Å²) in [6.45, 7) is -1.67. The van der Waals surface area contributed by atoms with Crippen LogP contribution in [0.15, 0.2) is 47.3 Å². The van der Waals surface area contributed by atoms with Gasteiger partial charge in [-0.15, -0.1) is 0 Å². The van der Waals surface area contributed by atoms with Crippen molar-refractivity contribution < 1.29 is 27.5 Å². The van der Waals surface area contributed by atoms with E-state index in [1.54, 1.807) is 17.0 Å². The topological polar surface area (TPSA) is 63.0 Å². The number of carbonyl (C=O) groups is 2. The van der Waals surface area contributed by atoms with E-state index in [0.29, 0.717) is 31.7 Å². The first-order valence-electron chi connectivity index (χ1n) is 7.71. The number of nitrogens with zero attached hydrogens (tertiary/aromatic N) is 2. The van der Waals surface area contributed by atoms with E-state index >= 15 is 0 Å². The summed E-state index contributed by atoms with van der Waals surface area (Å²) in [5, 5.41) is 0. The number of hydrogen-bond donors (Lipinski definition) is 0. The van der Waals surface area contributed by atoms with E-state index in [1.807, 2.05) is 0 Å². The minimum absolute atomic E-state index is 0.0809. The maximum absolute atomic E-state index is 12.6. The molecule has 0 saturated carbocycles. The Morgan fingerprint density at radius 1 is 1.00 bits per heavy atom. The van der Waals surface area contributed by atoms with Crippen molar-refractivity contribution in [3.63, 3.8) is 0 Å². The zero-order valence-electron chi connectivity index (χ0n) is 13.2. The molecule has 0 aliphatic carbocycles. The molecule has 3 rings (SSSR count). The van der Waals surface area contributed by atoms with Crippen molar-refractivity contribution in [3.05, 3.63) is 54.0 Å². The summed E-state index contributed by atoms with van der Waals surface area (Å²) < 4.78 is 34.3. The largest absolute Gasteiger partial charge is 0.472 e. The van der Waals surface area contributed by atoms with E-state index in [2.05, 4.69) is 4.74 Å². The number of carbonyl (C=O) groups excluding carboxylic acids is 2. The molecule has 132 valence electrons. The van der Waals surface area contributed by atoms with E-state index in [-0.39, 0.29) is 17.2 Å². The fraction of sp³-hybridized carbons (Fsp3) is 0.294. The van der Waals surface area contributed by atoms with Crippen molar-refractivity contribution in [1.82, 2.24) is 9.80 Å². The van der Waals surface area contributed by atoms with Gasteiger partial charge in [0, 0.05) is 26.2 Å². The molecule has 1 aromatic heterocycles. The van der Waals surface area contributed by atoms with Gasteiger partial charge in [-0.2, -0.15) is 8.78 Å². The third-order valence-electron chi connectivity index (χ3n) is 3.96. The number of para-hydroxylation sites is 1. The molecular formula is C17H16F2N2O4. The standard InChI is InChI=1S/C17H16F2N2O4/c18-17(19)25-14-4-2-1-3-13(14)16(23)21-8-6-20(7-9-21)15(22)12-5-10-24-11-12/h1-5,10-11,17H,6-9H2. The molecule has 2 aromatic rings.